The Hall–Kier alpha value is -3.98. The molecule has 8 nitrogen and oxygen atoms in total. The lowest BCUT2D eigenvalue weighted by Gasteiger charge is -2.25. The third-order valence-corrected chi connectivity index (χ3v) is 6.42. The summed E-state index contributed by atoms with van der Waals surface area (Å²) in [6.07, 6.45) is 6.78. The van der Waals surface area contributed by atoms with E-state index in [9.17, 15) is 9.59 Å². The highest BCUT2D eigenvalue weighted by molar-refractivity contribution is 7.07. The van der Waals surface area contributed by atoms with Gasteiger partial charge in [0, 0.05) is 12.4 Å². The molecule has 3 heterocycles. The molecular formula is C27H27N3O5S. The number of carbonyl (C=O) groups is 1. The topological polar surface area (TPSA) is 92.0 Å². The minimum Gasteiger partial charge on any atom is -0.490 e. The van der Waals surface area contributed by atoms with Crippen LogP contribution in [0, 0.1) is 0 Å². The molecule has 0 N–H and O–H groups in total. The first-order valence-electron chi connectivity index (χ1n) is 11.6. The van der Waals surface area contributed by atoms with E-state index in [2.05, 4.69) is 16.6 Å². The maximum Gasteiger partial charge on any atom is 0.338 e. The molecule has 0 radical (unpaired) electrons. The van der Waals surface area contributed by atoms with Crippen LogP contribution >= 0.6 is 11.3 Å². The van der Waals surface area contributed by atoms with Crippen LogP contribution in [-0.2, 0) is 9.53 Å². The number of nitrogens with zero attached hydrogens (tertiary/aromatic N) is 3. The number of fused-ring (bicyclic) bond motifs is 1. The van der Waals surface area contributed by atoms with E-state index in [-0.39, 0.29) is 12.2 Å². The first-order chi connectivity index (χ1) is 17.5. The molecular weight excluding hydrogens is 478 g/mol. The first-order valence-corrected chi connectivity index (χ1v) is 12.4. The van der Waals surface area contributed by atoms with Gasteiger partial charge in [-0.3, -0.25) is 14.3 Å². The van der Waals surface area contributed by atoms with E-state index in [0.29, 0.717) is 50.9 Å². The van der Waals surface area contributed by atoms with Gasteiger partial charge >= 0.3 is 5.97 Å². The summed E-state index contributed by atoms with van der Waals surface area (Å²) >= 11 is 1.26. The average Bonchev–Trinajstić information content (AvgIpc) is 3.17. The zero-order valence-corrected chi connectivity index (χ0v) is 21.2. The van der Waals surface area contributed by atoms with Gasteiger partial charge in [0.1, 0.15) is 6.61 Å². The largest absolute Gasteiger partial charge is 0.490 e. The summed E-state index contributed by atoms with van der Waals surface area (Å²) in [7, 11) is 0. The van der Waals surface area contributed by atoms with E-state index in [0.717, 1.165) is 5.56 Å². The third-order valence-electron chi connectivity index (χ3n) is 5.44. The number of aromatic nitrogens is 2. The molecule has 36 heavy (non-hydrogen) atoms. The molecule has 0 bridgehead atoms. The van der Waals surface area contributed by atoms with Crippen LogP contribution in [0.25, 0.3) is 6.08 Å². The van der Waals surface area contributed by atoms with E-state index in [1.807, 2.05) is 19.1 Å². The molecule has 0 fully saturated rings. The van der Waals surface area contributed by atoms with E-state index < -0.39 is 12.0 Å². The zero-order valence-electron chi connectivity index (χ0n) is 20.4. The van der Waals surface area contributed by atoms with Gasteiger partial charge in [0.2, 0.25) is 0 Å². The van der Waals surface area contributed by atoms with E-state index in [1.54, 1.807) is 61.2 Å². The van der Waals surface area contributed by atoms with Crippen molar-refractivity contribution in [1.29, 1.82) is 0 Å². The molecule has 0 amide bonds. The summed E-state index contributed by atoms with van der Waals surface area (Å²) in [4.78, 5) is 36.0. The van der Waals surface area contributed by atoms with Crippen molar-refractivity contribution in [3.63, 3.8) is 0 Å². The van der Waals surface area contributed by atoms with Gasteiger partial charge in [-0.25, -0.2) is 9.79 Å². The Morgan fingerprint density at radius 2 is 2.03 bits per heavy atom. The SMILES string of the molecule is C=CCOc1ccc([C@@H]2C(C(=O)OCC)=C(C)N=c3s/c(=C/c4cccnc4)c(=O)n32)cc1OCC. The van der Waals surface area contributed by atoms with Crippen molar-refractivity contribution < 1.29 is 19.0 Å². The van der Waals surface area contributed by atoms with Crippen molar-refractivity contribution >= 4 is 23.4 Å². The molecule has 2 aromatic heterocycles. The number of ether oxygens (including phenoxy) is 3. The molecule has 0 aliphatic carbocycles. The highest BCUT2D eigenvalue weighted by Crippen LogP contribution is 2.36. The standard InChI is InChI=1S/C27H27N3O5S/c1-5-13-35-20-11-10-19(15-21(20)33-6-2)24-23(26(32)34-7-3)17(4)29-27-30(24)25(31)22(36-27)14-18-9-8-12-28-16-18/h5,8-12,14-16,24H,1,6-7,13H2,2-4H3/b22-14+/t24-/m1/s1. The molecule has 186 valence electrons. The number of hydrogen-bond acceptors (Lipinski definition) is 8. The molecule has 0 unspecified atom stereocenters. The van der Waals surface area contributed by atoms with Crippen molar-refractivity contribution in [2.75, 3.05) is 19.8 Å². The minimum atomic E-state index is -0.746. The predicted molar refractivity (Wildman–Crippen MR) is 138 cm³/mol. The summed E-state index contributed by atoms with van der Waals surface area (Å²) in [5.74, 6) is 0.533. The lowest BCUT2D eigenvalue weighted by Crippen LogP contribution is -2.40. The van der Waals surface area contributed by atoms with Crippen molar-refractivity contribution in [3.8, 4) is 11.5 Å². The Bertz CT molecular complexity index is 1490. The number of carbonyl (C=O) groups excluding carboxylic acids is 1. The first kappa shape index (κ1) is 25.1. The number of esters is 1. The van der Waals surface area contributed by atoms with Gasteiger partial charge in [-0.1, -0.05) is 36.1 Å². The van der Waals surface area contributed by atoms with Gasteiger partial charge in [-0.2, -0.15) is 0 Å². The van der Waals surface area contributed by atoms with Crippen LogP contribution in [0.15, 0.2) is 76.4 Å². The monoisotopic (exact) mass is 505 g/mol. The fraction of sp³-hybridized carbons (Fsp3) is 0.259. The maximum absolute atomic E-state index is 13.7. The number of thiazole rings is 1. The second-order valence-electron chi connectivity index (χ2n) is 7.83. The number of pyridine rings is 1. The number of hydrogen-bond donors (Lipinski definition) is 0. The zero-order chi connectivity index (χ0) is 25.7. The second-order valence-corrected chi connectivity index (χ2v) is 8.84. The highest BCUT2D eigenvalue weighted by atomic mass is 32.1. The van der Waals surface area contributed by atoms with Gasteiger partial charge < -0.3 is 14.2 Å². The molecule has 3 aromatic rings. The lowest BCUT2D eigenvalue weighted by molar-refractivity contribution is -0.139. The van der Waals surface area contributed by atoms with Gasteiger partial charge in [0.15, 0.2) is 16.3 Å². The van der Waals surface area contributed by atoms with Gasteiger partial charge in [0.25, 0.3) is 5.56 Å². The third kappa shape index (κ3) is 5.01. The Kier molecular flexibility index (Phi) is 7.80. The van der Waals surface area contributed by atoms with Crippen molar-refractivity contribution in [1.82, 2.24) is 9.55 Å². The predicted octanol–water partition coefficient (Wildman–Crippen LogP) is 3.16. The van der Waals surface area contributed by atoms with Gasteiger partial charge in [-0.15, -0.1) is 0 Å². The molecule has 0 spiro atoms. The minimum absolute atomic E-state index is 0.201. The Labute approximate surface area is 212 Å². The van der Waals surface area contributed by atoms with Crippen molar-refractivity contribution in [2.45, 2.75) is 26.8 Å². The number of allylic oxidation sites excluding steroid dienone is 1. The summed E-state index contributed by atoms with van der Waals surface area (Å²) in [5, 5.41) is 0. The Morgan fingerprint density at radius 3 is 2.72 bits per heavy atom. The van der Waals surface area contributed by atoms with E-state index >= 15 is 0 Å². The molecule has 1 aromatic carbocycles. The molecule has 1 aliphatic heterocycles. The average molecular weight is 506 g/mol. The van der Waals surface area contributed by atoms with Crippen LogP contribution in [0.5, 0.6) is 11.5 Å². The fourth-order valence-corrected chi connectivity index (χ4v) is 5.00. The maximum atomic E-state index is 13.7. The number of rotatable bonds is 9. The van der Waals surface area contributed by atoms with E-state index in [1.165, 1.54) is 11.3 Å². The molecule has 0 saturated heterocycles. The smallest absolute Gasteiger partial charge is 0.338 e. The van der Waals surface area contributed by atoms with Crippen LogP contribution in [0.2, 0.25) is 0 Å². The molecule has 1 aliphatic rings. The van der Waals surface area contributed by atoms with Crippen molar-refractivity contribution in [3.05, 3.63) is 97.5 Å². The summed E-state index contributed by atoms with van der Waals surface area (Å²) in [5.41, 5.74) is 2.02. The molecule has 1 atom stereocenters. The fourth-order valence-electron chi connectivity index (χ4n) is 3.95. The van der Waals surface area contributed by atoms with Crippen LogP contribution in [0.4, 0.5) is 0 Å². The summed E-state index contributed by atoms with van der Waals surface area (Å²) < 4.78 is 19.0. The van der Waals surface area contributed by atoms with Gasteiger partial charge in [0.05, 0.1) is 35.1 Å². The highest BCUT2D eigenvalue weighted by Gasteiger charge is 2.34. The van der Waals surface area contributed by atoms with E-state index in [4.69, 9.17) is 14.2 Å². The lowest BCUT2D eigenvalue weighted by atomic mass is 9.95. The second kappa shape index (κ2) is 11.2. The molecule has 0 saturated carbocycles. The van der Waals surface area contributed by atoms with Crippen LogP contribution in [0.3, 0.4) is 0 Å². The van der Waals surface area contributed by atoms with Crippen LogP contribution in [-0.4, -0.2) is 35.3 Å². The normalized spacial score (nSPS) is 15.2. The molecule has 9 heteroatoms. The Balaban J connectivity index is 1.94. The van der Waals surface area contributed by atoms with Gasteiger partial charge in [-0.05, 0) is 56.2 Å². The van der Waals surface area contributed by atoms with Crippen LogP contribution in [0.1, 0.15) is 37.9 Å². The van der Waals surface area contributed by atoms with Crippen LogP contribution < -0.4 is 24.4 Å². The van der Waals surface area contributed by atoms with Crippen molar-refractivity contribution in [2.24, 2.45) is 4.99 Å². The summed E-state index contributed by atoms with van der Waals surface area (Å²) in [6.45, 7) is 9.99. The summed E-state index contributed by atoms with van der Waals surface area (Å²) in [6, 6.07) is 8.32. The molecule has 4 rings (SSSR count). The Morgan fingerprint density at radius 1 is 1.19 bits per heavy atom. The quantitative estimate of drug-likeness (QED) is 0.328. The number of benzene rings is 1.